The lowest BCUT2D eigenvalue weighted by Crippen LogP contribution is -2.40. The Balaban J connectivity index is 2.69. The highest BCUT2D eigenvalue weighted by molar-refractivity contribution is 5.79. The van der Waals surface area contributed by atoms with Crippen LogP contribution in [-0.4, -0.2) is 30.9 Å². The molecule has 0 radical (unpaired) electrons. The lowest BCUT2D eigenvalue weighted by atomic mass is 9.93. The van der Waals surface area contributed by atoms with Gasteiger partial charge in [-0.3, -0.25) is 4.79 Å². The summed E-state index contributed by atoms with van der Waals surface area (Å²) in [6.45, 7) is 9.54. The highest BCUT2D eigenvalue weighted by Crippen LogP contribution is 2.16. The Morgan fingerprint density at radius 2 is 1.95 bits per heavy atom. The van der Waals surface area contributed by atoms with Crippen LogP contribution in [-0.2, 0) is 11.2 Å². The van der Waals surface area contributed by atoms with Gasteiger partial charge in [0.15, 0.2) is 0 Å². The summed E-state index contributed by atoms with van der Waals surface area (Å²) in [7, 11) is 1.85. The molecule has 0 fully saturated rings. The number of rotatable bonds is 5. The van der Waals surface area contributed by atoms with Gasteiger partial charge < -0.3 is 10.6 Å². The van der Waals surface area contributed by atoms with Crippen molar-refractivity contribution < 1.29 is 4.79 Å². The molecular weight excluding hydrogens is 236 g/mol. The second kappa shape index (κ2) is 6.20. The minimum atomic E-state index is -0.0350. The van der Waals surface area contributed by atoms with E-state index in [0.29, 0.717) is 19.5 Å². The van der Waals surface area contributed by atoms with Gasteiger partial charge in [0.2, 0.25) is 5.91 Å². The maximum Gasteiger partial charge on any atom is 0.226 e. The largest absolute Gasteiger partial charge is 0.345 e. The van der Waals surface area contributed by atoms with E-state index in [0.717, 1.165) is 5.56 Å². The van der Waals surface area contributed by atoms with Crippen LogP contribution in [0.2, 0.25) is 0 Å². The van der Waals surface area contributed by atoms with Crippen molar-refractivity contribution >= 4 is 5.91 Å². The number of amides is 1. The van der Waals surface area contributed by atoms with Crippen LogP contribution in [0.4, 0.5) is 0 Å². The number of carbonyl (C=O) groups excluding carboxylic acids is 1. The predicted molar refractivity (Wildman–Crippen MR) is 80.1 cm³/mol. The van der Waals surface area contributed by atoms with Gasteiger partial charge in [0.1, 0.15) is 0 Å². The number of nitrogens with two attached hydrogens (primary N) is 1. The second-order valence-corrected chi connectivity index (χ2v) is 6.22. The van der Waals surface area contributed by atoms with Crippen molar-refractivity contribution in [1.29, 1.82) is 0 Å². The van der Waals surface area contributed by atoms with Crippen LogP contribution in [0.1, 0.15) is 30.5 Å². The van der Waals surface area contributed by atoms with Crippen LogP contribution in [0.25, 0.3) is 0 Å². The Bertz CT molecular complexity index is 452. The fraction of sp³-hybridized carbons (Fsp3) is 0.562. The van der Waals surface area contributed by atoms with Crippen LogP contribution < -0.4 is 5.73 Å². The Morgan fingerprint density at radius 3 is 2.47 bits per heavy atom. The summed E-state index contributed by atoms with van der Waals surface area (Å²) in [4.78, 5) is 14.0. The third kappa shape index (κ3) is 4.67. The summed E-state index contributed by atoms with van der Waals surface area (Å²) in [6.07, 6.45) is 0.462. The van der Waals surface area contributed by atoms with Crippen LogP contribution >= 0.6 is 0 Å². The van der Waals surface area contributed by atoms with Gasteiger partial charge >= 0.3 is 0 Å². The van der Waals surface area contributed by atoms with E-state index >= 15 is 0 Å². The van der Waals surface area contributed by atoms with Crippen LogP contribution in [0, 0.1) is 19.3 Å². The Hall–Kier alpha value is -1.35. The minimum Gasteiger partial charge on any atom is -0.345 e. The number of hydrogen-bond acceptors (Lipinski definition) is 2. The summed E-state index contributed by atoms with van der Waals surface area (Å²) < 4.78 is 0. The molecule has 1 aromatic rings. The van der Waals surface area contributed by atoms with Gasteiger partial charge in [-0.05, 0) is 36.9 Å². The molecule has 0 aromatic heterocycles. The summed E-state index contributed by atoms with van der Waals surface area (Å²) in [5.41, 5.74) is 9.19. The number of benzene rings is 1. The van der Waals surface area contributed by atoms with Crippen molar-refractivity contribution in [2.75, 3.05) is 20.1 Å². The molecule has 106 valence electrons. The van der Waals surface area contributed by atoms with E-state index in [9.17, 15) is 4.79 Å². The fourth-order valence-electron chi connectivity index (χ4n) is 2.14. The van der Waals surface area contributed by atoms with Crippen LogP contribution in [0.5, 0.6) is 0 Å². The highest BCUT2D eigenvalue weighted by atomic mass is 16.2. The molecule has 3 heteroatoms. The molecule has 0 saturated heterocycles. The van der Waals surface area contributed by atoms with Gasteiger partial charge in [0.05, 0.1) is 6.42 Å². The van der Waals surface area contributed by atoms with Crippen molar-refractivity contribution in [2.24, 2.45) is 11.1 Å². The monoisotopic (exact) mass is 262 g/mol. The second-order valence-electron chi connectivity index (χ2n) is 6.22. The van der Waals surface area contributed by atoms with E-state index in [1.165, 1.54) is 11.1 Å². The average Bonchev–Trinajstić information content (AvgIpc) is 2.32. The minimum absolute atomic E-state index is 0.0350. The quantitative estimate of drug-likeness (QED) is 0.885. The molecule has 1 amide bonds. The fourth-order valence-corrected chi connectivity index (χ4v) is 2.14. The van der Waals surface area contributed by atoms with Crippen molar-refractivity contribution in [3.63, 3.8) is 0 Å². The van der Waals surface area contributed by atoms with Gasteiger partial charge in [-0.1, -0.05) is 37.6 Å². The van der Waals surface area contributed by atoms with Crippen molar-refractivity contribution in [3.05, 3.63) is 34.9 Å². The summed E-state index contributed by atoms with van der Waals surface area (Å²) in [6, 6.07) is 6.22. The first-order valence-electron chi connectivity index (χ1n) is 6.75. The van der Waals surface area contributed by atoms with Gasteiger partial charge in [0, 0.05) is 13.6 Å². The zero-order valence-corrected chi connectivity index (χ0v) is 12.8. The molecule has 0 saturated carbocycles. The molecule has 0 spiro atoms. The summed E-state index contributed by atoms with van der Waals surface area (Å²) in [5.74, 6) is 0.147. The van der Waals surface area contributed by atoms with Gasteiger partial charge in [-0.2, -0.15) is 0 Å². The lowest BCUT2D eigenvalue weighted by molar-refractivity contribution is -0.130. The number of aryl methyl sites for hydroxylation is 2. The Labute approximate surface area is 116 Å². The van der Waals surface area contributed by atoms with Gasteiger partial charge in [-0.25, -0.2) is 0 Å². The summed E-state index contributed by atoms with van der Waals surface area (Å²) in [5, 5.41) is 0. The average molecular weight is 262 g/mol. The third-order valence-electron chi connectivity index (χ3n) is 3.48. The number of hydrogen-bond donors (Lipinski definition) is 1. The van der Waals surface area contributed by atoms with Crippen molar-refractivity contribution in [2.45, 2.75) is 34.1 Å². The zero-order valence-electron chi connectivity index (χ0n) is 12.8. The van der Waals surface area contributed by atoms with Crippen molar-refractivity contribution in [1.82, 2.24) is 4.90 Å². The summed E-state index contributed by atoms with van der Waals surface area (Å²) >= 11 is 0. The Kier molecular flexibility index (Phi) is 5.12. The molecule has 0 aliphatic heterocycles. The zero-order chi connectivity index (χ0) is 14.6. The first-order chi connectivity index (χ1) is 8.75. The van der Waals surface area contributed by atoms with Crippen LogP contribution in [0.15, 0.2) is 18.2 Å². The normalized spacial score (nSPS) is 11.5. The maximum absolute atomic E-state index is 12.2. The molecule has 2 N–H and O–H groups in total. The van der Waals surface area contributed by atoms with E-state index in [1.807, 2.05) is 13.1 Å². The predicted octanol–water partition coefficient (Wildman–Crippen LogP) is 2.29. The van der Waals surface area contributed by atoms with E-state index in [-0.39, 0.29) is 11.3 Å². The molecule has 0 aliphatic rings. The van der Waals surface area contributed by atoms with E-state index in [1.54, 1.807) is 4.90 Å². The molecule has 1 rings (SSSR count). The van der Waals surface area contributed by atoms with E-state index in [2.05, 4.69) is 39.8 Å². The smallest absolute Gasteiger partial charge is 0.226 e. The van der Waals surface area contributed by atoms with Crippen molar-refractivity contribution in [3.8, 4) is 0 Å². The van der Waals surface area contributed by atoms with Crippen LogP contribution in [0.3, 0.4) is 0 Å². The Morgan fingerprint density at radius 1 is 1.32 bits per heavy atom. The lowest BCUT2D eigenvalue weighted by Gasteiger charge is -2.29. The molecule has 0 bridgehead atoms. The maximum atomic E-state index is 12.2. The number of carbonyl (C=O) groups is 1. The molecule has 0 atom stereocenters. The molecule has 0 unspecified atom stereocenters. The topological polar surface area (TPSA) is 46.3 Å². The molecule has 0 heterocycles. The molecule has 1 aromatic carbocycles. The standard InChI is InChI=1S/C16H26N2O/c1-12-6-7-14(13(2)8-12)9-15(19)18(5)11-16(3,4)10-17/h6-8H,9-11,17H2,1-5H3. The number of likely N-dealkylation sites (N-methyl/N-ethyl adjacent to an activating group) is 1. The van der Waals surface area contributed by atoms with E-state index in [4.69, 9.17) is 5.73 Å². The third-order valence-corrected chi connectivity index (χ3v) is 3.48. The SMILES string of the molecule is Cc1ccc(CC(=O)N(C)CC(C)(C)CN)c(C)c1. The molecule has 19 heavy (non-hydrogen) atoms. The molecule has 3 nitrogen and oxygen atoms in total. The van der Waals surface area contributed by atoms with Gasteiger partial charge in [0.25, 0.3) is 0 Å². The number of nitrogens with zero attached hydrogens (tertiary/aromatic N) is 1. The van der Waals surface area contributed by atoms with Gasteiger partial charge in [-0.15, -0.1) is 0 Å². The van der Waals surface area contributed by atoms with E-state index < -0.39 is 0 Å². The molecular formula is C16H26N2O. The molecule has 0 aliphatic carbocycles. The first kappa shape index (κ1) is 15.7. The first-order valence-corrected chi connectivity index (χ1v) is 6.75. The highest BCUT2D eigenvalue weighted by Gasteiger charge is 2.21.